The Balaban J connectivity index is 1.59. The SMILES string of the molecule is CC(=O)C1=NN(c2ccc(C)cc2)[C@H](c2ccc(F)cc2)N1c1ccc(N2CCCC2)cc1. The number of ketones is 1. The molecule has 1 atom stereocenters. The van der Waals surface area contributed by atoms with Crippen molar-refractivity contribution in [2.45, 2.75) is 32.9 Å². The molecule has 3 aromatic carbocycles. The Labute approximate surface area is 193 Å². The summed E-state index contributed by atoms with van der Waals surface area (Å²) in [6.07, 6.45) is 2.02. The fourth-order valence-electron chi connectivity index (χ4n) is 4.55. The molecule has 0 radical (unpaired) electrons. The topological polar surface area (TPSA) is 39.2 Å². The molecule has 0 spiro atoms. The van der Waals surface area contributed by atoms with Gasteiger partial charge < -0.3 is 4.90 Å². The van der Waals surface area contributed by atoms with Crippen molar-refractivity contribution in [1.82, 2.24) is 0 Å². The van der Waals surface area contributed by atoms with Crippen molar-refractivity contribution in [3.63, 3.8) is 0 Å². The average Bonchev–Trinajstić information content (AvgIpc) is 3.49. The number of halogens is 1. The number of nitrogens with zero attached hydrogens (tertiary/aromatic N) is 4. The highest BCUT2D eigenvalue weighted by Gasteiger charge is 2.39. The number of hydrazone groups is 1. The van der Waals surface area contributed by atoms with E-state index in [1.165, 1.54) is 37.6 Å². The summed E-state index contributed by atoms with van der Waals surface area (Å²) in [5.74, 6) is -0.0629. The number of Topliss-reactive ketones (excluding diaryl/α,β-unsaturated/α-hetero) is 1. The van der Waals surface area contributed by atoms with Crippen molar-refractivity contribution < 1.29 is 9.18 Å². The van der Waals surface area contributed by atoms with Crippen LogP contribution in [0.15, 0.2) is 77.9 Å². The van der Waals surface area contributed by atoms with E-state index in [-0.39, 0.29) is 11.6 Å². The Hall–Kier alpha value is -3.67. The van der Waals surface area contributed by atoms with Crippen molar-refractivity contribution >= 4 is 28.7 Å². The summed E-state index contributed by atoms with van der Waals surface area (Å²) in [4.78, 5) is 17.0. The standard InChI is InChI=1S/C27H27FN4O/c1-19-5-11-25(12-6-19)32-27(21-7-9-22(28)10-8-21)31(26(29-32)20(2)33)24-15-13-23(14-16-24)30-17-3-4-18-30/h5-16,27H,3-4,17-18H2,1-2H3/t27-/m1/s1. The van der Waals surface area contributed by atoms with Gasteiger partial charge in [0.25, 0.3) is 0 Å². The molecule has 5 rings (SSSR count). The smallest absolute Gasteiger partial charge is 0.198 e. The Kier molecular flexibility index (Phi) is 5.58. The molecule has 2 heterocycles. The number of anilines is 3. The number of carbonyl (C=O) groups is 1. The molecule has 5 nitrogen and oxygen atoms in total. The molecule has 1 fully saturated rings. The quantitative estimate of drug-likeness (QED) is 0.511. The van der Waals surface area contributed by atoms with Gasteiger partial charge in [0.1, 0.15) is 5.82 Å². The number of amidine groups is 1. The van der Waals surface area contributed by atoms with Crippen LogP contribution in [0.25, 0.3) is 0 Å². The molecule has 0 unspecified atom stereocenters. The fraction of sp³-hybridized carbons (Fsp3) is 0.259. The lowest BCUT2D eigenvalue weighted by molar-refractivity contribution is -0.111. The van der Waals surface area contributed by atoms with Gasteiger partial charge >= 0.3 is 0 Å². The van der Waals surface area contributed by atoms with Gasteiger partial charge in [-0.05, 0) is 73.9 Å². The van der Waals surface area contributed by atoms with Crippen molar-refractivity contribution in [3.05, 3.63) is 89.7 Å². The third-order valence-corrected chi connectivity index (χ3v) is 6.29. The maximum Gasteiger partial charge on any atom is 0.198 e. The lowest BCUT2D eigenvalue weighted by Gasteiger charge is -2.32. The van der Waals surface area contributed by atoms with Crippen LogP contribution in [0, 0.1) is 12.7 Å². The molecule has 0 aromatic heterocycles. The summed E-state index contributed by atoms with van der Waals surface area (Å²) in [7, 11) is 0. The first-order valence-corrected chi connectivity index (χ1v) is 11.4. The van der Waals surface area contributed by atoms with E-state index in [0.717, 1.165) is 35.6 Å². The van der Waals surface area contributed by atoms with E-state index in [4.69, 9.17) is 5.10 Å². The average molecular weight is 443 g/mol. The molecular formula is C27H27FN4O. The first-order valence-electron chi connectivity index (χ1n) is 11.4. The Morgan fingerprint density at radius 1 is 0.848 bits per heavy atom. The van der Waals surface area contributed by atoms with E-state index in [1.54, 1.807) is 12.1 Å². The zero-order chi connectivity index (χ0) is 22.9. The van der Waals surface area contributed by atoms with Gasteiger partial charge in [0, 0.05) is 31.4 Å². The van der Waals surface area contributed by atoms with E-state index in [9.17, 15) is 9.18 Å². The predicted octanol–water partition coefficient (Wildman–Crippen LogP) is 5.66. The Morgan fingerprint density at radius 3 is 2.03 bits per heavy atom. The molecule has 3 aromatic rings. The molecule has 2 aliphatic rings. The molecule has 33 heavy (non-hydrogen) atoms. The van der Waals surface area contributed by atoms with Gasteiger partial charge in [-0.1, -0.05) is 29.8 Å². The van der Waals surface area contributed by atoms with Gasteiger partial charge in [-0.25, -0.2) is 9.40 Å². The van der Waals surface area contributed by atoms with Crippen molar-refractivity contribution in [3.8, 4) is 0 Å². The van der Waals surface area contributed by atoms with E-state index < -0.39 is 6.17 Å². The monoisotopic (exact) mass is 442 g/mol. The van der Waals surface area contributed by atoms with Crippen LogP contribution in [-0.4, -0.2) is 24.7 Å². The first-order chi connectivity index (χ1) is 16.0. The van der Waals surface area contributed by atoms with Crippen LogP contribution in [0.1, 0.15) is 37.1 Å². The Morgan fingerprint density at radius 2 is 1.42 bits per heavy atom. The number of benzene rings is 3. The maximum atomic E-state index is 13.7. The minimum atomic E-state index is -0.412. The number of aryl methyl sites for hydroxylation is 1. The zero-order valence-electron chi connectivity index (χ0n) is 18.9. The summed E-state index contributed by atoms with van der Waals surface area (Å²) in [5, 5.41) is 6.59. The van der Waals surface area contributed by atoms with E-state index in [1.807, 2.05) is 53.2 Å². The first kappa shape index (κ1) is 21.2. The van der Waals surface area contributed by atoms with Crippen LogP contribution < -0.4 is 14.8 Å². The number of carbonyl (C=O) groups excluding carboxylic acids is 1. The lowest BCUT2D eigenvalue weighted by atomic mass is 10.1. The van der Waals surface area contributed by atoms with E-state index in [0.29, 0.717) is 5.84 Å². The predicted molar refractivity (Wildman–Crippen MR) is 131 cm³/mol. The van der Waals surface area contributed by atoms with Gasteiger partial charge in [0.15, 0.2) is 17.8 Å². The summed E-state index contributed by atoms with van der Waals surface area (Å²) in [5.41, 5.74) is 4.91. The molecule has 168 valence electrons. The molecule has 1 saturated heterocycles. The summed E-state index contributed by atoms with van der Waals surface area (Å²) >= 11 is 0. The van der Waals surface area contributed by atoms with E-state index >= 15 is 0 Å². The number of hydrogen-bond donors (Lipinski definition) is 0. The summed E-state index contributed by atoms with van der Waals surface area (Å²) in [6, 6.07) is 22.7. The molecule has 0 aliphatic carbocycles. The maximum absolute atomic E-state index is 13.7. The lowest BCUT2D eigenvalue weighted by Crippen LogP contribution is -2.37. The summed E-state index contributed by atoms with van der Waals surface area (Å²) in [6.45, 7) is 5.71. The highest BCUT2D eigenvalue weighted by Crippen LogP contribution is 2.39. The largest absolute Gasteiger partial charge is 0.372 e. The molecular weight excluding hydrogens is 415 g/mol. The third kappa shape index (κ3) is 4.09. The van der Waals surface area contributed by atoms with Crippen molar-refractivity contribution in [1.29, 1.82) is 0 Å². The molecule has 0 amide bonds. The normalized spacial score (nSPS) is 18.1. The van der Waals surface area contributed by atoms with Gasteiger partial charge in [-0.3, -0.25) is 9.69 Å². The third-order valence-electron chi connectivity index (χ3n) is 6.29. The van der Waals surface area contributed by atoms with Gasteiger partial charge in [-0.15, -0.1) is 5.10 Å². The zero-order valence-corrected chi connectivity index (χ0v) is 18.9. The van der Waals surface area contributed by atoms with Gasteiger partial charge in [-0.2, -0.15) is 0 Å². The number of hydrogen-bond acceptors (Lipinski definition) is 5. The molecule has 0 saturated carbocycles. The van der Waals surface area contributed by atoms with Crippen molar-refractivity contribution in [2.75, 3.05) is 27.9 Å². The van der Waals surface area contributed by atoms with E-state index in [2.05, 4.69) is 17.0 Å². The Bertz CT molecular complexity index is 1170. The van der Waals surface area contributed by atoms with Crippen LogP contribution in [0.2, 0.25) is 0 Å². The fourth-order valence-corrected chi connectivity index (χ4v) is 4.55. The molecule has 2 aliphatic heterocycles. The number of rotatable bonds is 5. The second-order valence-corrected chi connectivity index (χ2v) is 8.67. The van der Waals surface area contributed by atoms with Crippen LogP contribution >= 0.6 is 0 Å². The van der Waals surface area contributed by atoms with Crippen LogP contribution in [0.5, 0.6) is 0 Å². The second-order valence-electron chi connectivity index (χ2n) is 8.67. The minimum Gasteiger partial charge on any atom is -0.372 e. The highest BCUT2D eigenvalue weighted by atomic mass is 19.1. The molecule has 0 N–H and O–H groups in total. The van der Waals surface area contributed by atoms with Crippen LogP contribution in [0.4, 0.5) is 21.5 Å². The minimum absolute atomic E-state index is 0.125. The van der Waals surface area contributed by atoms with Gasteiger partial charge in [0.05, 0.1) is 5.69 Å². The van der Waals surface area contributed by atoms with Crippen molar-refractivity contribution in [2.24, 2.45) is 5.10 Å². The molecule has 6 heteroatoms. The second kappa shape index (κ2) is 8.70. The van der Waals surface area contributed by atoms with Crippen LogP contribution in [-0.2, 0) is 4.79 Å². The van der Waals surface area contributed by atoms with Crippen LogP contribution in [0.3, 0.4) is 0 Å². The summed E-state index contributed by atoms with van der Waals surface area (Å²) < 4.78 is 13.7. The van der Waals surface area contributed by atoms with Gasteiger partial charge in [0.2, 0.25) is 0 Å². The molecule has 0 bridgehead atoms. The highest BCUT2D eigenvalue weighted by molar-refractivity contribution is 6.44.